The first-order valence-electron chi connectivity index (χ1n) is 6.98. The van der Waals surface area contributed by atoms with E-state index in [1.54, 1.807) is 0 Å². The van der Waals surface area contributed by atoms with Crippen molar-refractivity contribution in [2.75, 3.05) is 32.0 Å². The first-order chi connectivity index (χ1) is 9.19. The fourth-order valence-electron chi connectivity index (χ4n) is 2.44. The van der Waals surface area contributed by atoms with Crippen molar-refractivity contribution in [2.24, 2.45) is 0 Å². The van der Waals surface area contributed by atoms with Crippen molar-refractivity contribution in [1.82, 2.24) is 10.2 Å². The molecule has 1 atom stereocenters. The first-order valence-corrected chi connectivity index (χ1v) is 6.98. The van der Waals surface area contributed by atoms with Crippen LogP contribution in [0.1, 0.15) is 18.9 Å². The summed E-state index contributed by atoms with van der Waals surface area (Å²) in [5.41, 5.74) is 2.13. The van der Waals surface area contributed by atoms with E-state index in [1.807, 2.05) is 25.2 Å². The Morgan fingerprint density at radius 3 is 3.05 bits per heavy atom. The van der Waals surface area contributed by atoms with Crippen molar-refractivity contribution < 1.29 is 4.79 Å². The van der Waals surface area contributed by atoms with Crippen molar-refractivity contribution in [3.8, 4) is 0 Å². The lowest BCUT2D eigenvalue weighted by Crippen LogP contribution is -2.39. The van der Waals surface area contributed by atoms with E-state index >= 15 is 0 Å². The normalized spacial score (nSPS) is 18.8. The van der Waals surface area contributed by atoms with E-state index in [4.69, 9.17) is 0 Å². The van der Waals surface area contributed by atoms with Gasteiger partial charge in [0.1, 0.15) is 0 Å². The van der Waals surface area contributed by atoms with E-state index < -0.39 is 0 Å². The van der Waals surface area contributed by atoms with Gasteiger partial charge in [0.2, 0.25) is 5.91 Å². The molecule has 0 aliphatic carbocycles. The van der Waals surface area contributed by atoms with Gasteiger partial charge in [-0.15, -0.1) is 0 Å². The quantitative estimate of drug-likeness (QED) is 0.844. The number of nitrogens with one attached hydrogen (secondary N) is 2. The zero-order chi connectivity index (χ0) is 13.7. The number of likely N-dealkylation sites (N-methyl/N-ethyl adjacent to an activating group) is 1. The lowest BCUT2D eigenvalue weighted by atomic mass is 10.1. The summed E-state index contributed by atoms with van der Waals surface area (Å²) in [7, 11) is 2.01. The molecule has 1 aliphatic rings. The molecule has 1 fully saturated rings. The van der Waals surface area contributed by atoms with Gasteiger partial charge < -0.3 is 10.6 Å². The van der Waals surface area contributed by atoms with Gasteiger partial charge in [-0.2, -0.15) is 0 Å². The van der Waals surface area contributed by atoms with Gasteiger partial charge in [-0.1, -0.05) is 19.1 Å². The summed E-state index contributed by atoms with van der Waals surface area (Å²) in [6, 6.07) is 8.52. The lowest BCUT2D eigenvalue weighted by Gasteiger charge is -2.22. The Kier molecular flexibility index (Phi) is 4.93. The largest absolute Gasteiger partial charge is 0.325 e. The molecule has 1 heterocycles. The summed E-state index contributed by atoms with van der Waals surface area (Å²) >= 11 is 0. The Hall–Kier alpha value is -1.39. The van der Waals surface area contributed by atoms with Crippen molar-refractivity contribution in [3.05, 3.63) is 29.8 Å². The highest BCUT2D eigenvalue weighted by atomic mass is 16.2. The SMILES string of the molecule is CCc1cccc(NC(=O)CN(C)C2CCNC2)c1. The van der Waals surface area contributed by atoms with E-state index in [2.05, 4.69) is 28.5 Å². The Bertz CT molecular complexity index is 427. The molecule has 0 spiro atoms. The number of nitrogens with zero attached hydrogens (tertiary/aromatic N) is 1. The number of amides is 1. The Morgan fingerprint density at radius 1 is 1.53 bits per heavy atom. The minimum Gasteiger partial charge on any atom is -0.325 e. The minimum atomic E-state index is 0.0580. The van der Waals surface area contributed by atoms with Crippen LogP contribution in [-0.4, -0.2) is 43.5 Å². The monoisotopic (exact) mass is 261 g/mol. The van der Waals surface area contributed by atoms with Gasteiger partial charge in [-0.05, 0) is 44.1 Å². The lowest BCUT2D eigenvalue weighted by molar-refractivity contribution is -0.117. The molecule has 1 amide bonds. The van der Waals surface area contributed by atoms with Gasteiger partial charge in [-0.3, -0.25) is 9.69 Å². The summed E-state index contributed by atoms with van der Waals surface area (Å²) in [5, 5.41) is 6.29. The topological polar surface area (TPSA) is 44.4 Å². The Labute approximate surface area is 115 Å². The number of carbonyl (C=O) groups excluding carboxylic acids is 1. The van der Waals surface area contributed by atoms with Crippen LogP contribution in [0.2, 0.25) is 0 Å². The molecule has 1 unspecified atom stereocenters. The number of carbonyl (C=O) groups is 1. The van der Waals surface area contributed by atoms with Crippen LogP contribution in [0.5, 0.6) is 0 Å². The molecule has 0 radical (unpaired) electrons. The number of anilines is 1. The molecule has 2 N–H and O–H groups in total. The van der Waals surface area contributed by atoms with Gasteiger partial charge in [0, 0.05) is 18.3 Å². The van der Waals surface area contributed by atoms with Crippen LogP contribution in [0, 0.1) is 0 Å². The van der Waals surface area contributed by atoms with E-state index in [1.165, 1.54) is 5.56 Å². The predicted molar refractivity (Wildman–Crippen MR) is 78.4 cm³/mol. The fraction of sp³-hybridized carbons (Fsp3) is 0.533. The summed E-state index contributed by atoms with van der Waals surface area (Å²) in [5.74, 6) is 0.0580. The third-order valence-electron chi connectivity index (χ3n) is 3.67. The third-order valence-corrected chi connectivity index (χ3v) is 3.67. The van der Waals surface area contributed by atoms with Crippen molar-refractivity contribution in [3.63, 3.8) is 0 Å². The zero-order valence-electron chi connectivity index (χ0n) is 11.8. The van der Waals surface area contributed by atoms with Gasteiger partial charge >= 0.3 is 0 Å². The highest BCUT2D eigenvalue weighted by molar-refractivity contribution is 5.92. The minimum absolute atomic E-state index is 0.0580. The van der Waals surface area contributed by atoms with Crippen molar-refractivity contribution in [1.29, 1.82) is 0 Å². The van der Waals surface area contributed by atoms with E-state index in [9.17, 15) is 4.79 Å². The van der Waals surface area contributed by atoms with Crippen molar-refractivity contribution in [2.45, 2.75) is 25.8 Å². The molecule has 1 aromatic rings. The predicted octanol–water partition coefficient (Wildman–Crippen LogP) is 1.48. The summed E-state index contributed by atoms with van der Waals surface area (Å²) in [6.45, 7) is 4.59. The maximum absolute atomic E-state index is 12.0. The second-order valence-electron chi connectivity index (χ2n) is 5.16. The van der Waals surface area contributed by atoms with Gasteiger partial charge in [0.25, 0.3) is 0 Å². The van der Waals surface area contributed by atoms with Crippen LogP contribution >= 0.6 is 0 Å². The molecule has 0 bridgehead atoms. The molecule has 4 heteroatoms. The zero-order valence-corrected chi connectivity index (χ0v) is 11.8. The van der Waals surface area contributed by atoms with Gasteiger partial charge in [0.05, 0.1) is 6.54 Å². The second-order valence-corrected chi connectivity index (χ2v) is 5.16. The molecule has 1 saturated heterocycles. The van der Waals surface area contributed by atoms with E-state index in [0.717, 1.165) is 31.6 Å². The molecular formula is C15H23N3O. The summed E-state index contributed by atoms with van der Waals surface area (Å²) in [6.07, 6.45) is 2.10. The summed E-state index contributed by atoms with van der Waals surface area (Å²) in [4.78, 5) is 14.1. The van der Waals surface area contributed by atoms with Gasteiger partial charge in [-0.25, -0.2) is 0 Å². The highest BCUT2D eigenvalue weighted by Crippen LogP contribution is 2.11. The van der Waals surface area contributed by atoms with Crippen LogP contribution in [-0.2, 0) is 11.2 Å². The summed E-state index contributed by atoms with van der Waals surface area (Å²) < 4.78 is 0. The highest BCUT2D eigenvalue weighted by Gasteiger charge is 2.20. The number of benzene rings is 1. The number of aryl methyl sites for hydroxylation is 1. The first kappa shape index (κ1) is 14.0. The smallest absolute Gasteiger partial charge is 0.238 e. The third kappa shape index (κ3) is 4.04. The molecule has 0 aromatic heterocycles. The van der Waals surface area contributed by atoms with E-state index in [-0.39, 0.29) is 5.91 Å². The molecule has 104 valence electrons. The van der Waals surface area contributed by atoms with Crippen LogP contribution in [0.25, 0.3) is 0 Å². The maximum atomic E-state index is 12.0. The average molecular weight is 261 g/mol. The van der Waals surface area contributed by atoms with Crippen LogP contribution in [0.15, 0.2) is 24.3 Å². The van der Waals surface area contributed by atoms with Crippen molar-refractivity contribution >= 4 is 11.6 Å². The molecule has 1 aromatic carbocycles. The van der Waals surface area contributed by atoms with Crippen LogP contribution in [0.4, 0.5) is 5.69 Å². The fourth-order valence-corrected chi connectivity index (χ4v) is 2.44. The van der Waals surface area contributed by atoms with Crippen LogP contribution in [0.3, 0.4) is 0 Å². The van der Waals surface area contributed by atoms with Crippen LogP contribution < -0.4 is 10.6 Å². The molecule has 1 aliphatic heterocycles. The molecular weight excluding hydrogens is 238 g/mol. The molecule has 0 saturated carbocycles. The average Bonchev–Trinajstić information content (AvgIpc) is 2.92. The van der Waals surface area contributed by atoms with Gasteiger partial charge in [0.15, 0.2) is 0 Å². The molecule has 4 nitrogen and oxygen atoms in total. The standard InChI is InChI=1S/C15H23N3O/c1-3-12-5-4-6-13(9-12)17-15(19)11-18(2)14-7-8-16-10-14/h4-6,9,14,16H,3,7-8,10-11H2,1-2H3,(H,17,19). The second kappa shape index (κ2) is 6.68. The number of hydrogen-bond donors (Lipinski definition) is 2. The number of hydrogen-bond acceptors (Lipinski definition) is 3. The molecule has 2 rings (SSSR count). The molecule has 19 heavy (non-hydrogen) atoms. The maximum Gasteiger partial charge on any atom is 0.238 e. The Balaban J connectivity index is 1.86. The Morgan fingerprint density at radius 2 is 2.37 bits per heavy atom. The van der Waals surface area contributed by atoms with E-state index in [0.29, 0.717) is 12.6 Å². The number of rotatable bonds is 5.